The number of likely N-dealkylation sites (tertiary alicyclic amines) is 1. The Labute approximate surface area is 171 Å². The molecule has 1 aliphatic heterocycles. The Hall–Kier alpha value is -2.44. The molecule has 1 aromatic carbocycles. The highest BCUT2D eigenvalue weighted by atomic mass is 19.1. The maximum Gasteiger partial charge on any atom is 0.407 e. The van der Waals surface area contributed by atoms with Crippen LogP contribution in [0, 0.1) is 5.82 Å². The van der Waals surface area contributed by atoms with Gasteiger partial charge in [0, 0.05) is 31.0 Å². The third kappa shape index (κ3) is 7.15. The molecule has 0 spiro atoms. The Morgan fingerprint density at radius 3 is 2.45 bits per heavy atom. The minimum Gasteiger partial charge on any atom is -0.444 e. The third-order valence-electron chi connectivity index (χ3n) is 4.92. The first-order valence-corrected chi connectivity index (χ1v) is 10.1. The van der Waals surface area contributed by atoms with Gasteiger partial charge in [0.05, 0.1) is 6.04 Å². The van der Waals surface area contributed by atoms with Crippen LogP contribution in [0.5, 0.6) is 0 Å². The Kier molecular flexibility index (Phi) is 7.76. The SMILES string of the molecule is C[C@@H](NC(=O)OC(C)(C)C)[C@H]1CCCCN1C(=O)CCC(=O)c1ccc(F)cc1. The normalized spacial score (nSPS) is 18.1. The summed E-state index contributed by atoms with van der Waals surface area (Å²) in [7, 11) is 0. The summed E-state index contributed by atoms with van der Waals surface area (Å²) in [5.41, 5.74) is -0.193. The summed E-state index contributed by atoms with van der Waals surface area (Å²) in [5, 5.41) is 2.83. The van der Waals surface area contributed by atoms with Crippen LogP contribution in [0.1, 0.15) is 70.2 Å². The van der Waals surface area contributed by atoms with E-state index in [1.54, 1.807) is 25.7 Å². The summed E-state index contributed by atoms with van der Waals surface area (Å²) in [6.07, 6.45) is 2.31. The first-order valence-electron chi connectivity index (χ1n) is 10.1. The number of rotatable bonds is 6. The average molecular weight is 406 g/mol. The second-order valence-corrected chi connectivity index (χ2v) is 8.52. The van der Waals surface area contributed by atoms with Crippen molar-refractivity contribution in [3.63, 3.8) is 0 Å². The van der Waals surface area contributed by atoms with Crippen molar-refractivity contribution in [1.29, 1.82) is 0 Å². The summed E-state index contributed by atoms with van der Waals surface area (Å²) in [4.78, 5) is 38.9. The number of amides is 2. The van der Waals surface area contributed by atoms with Gasteiger partial charge in [-0.1, -0.05) is 0 Å². The van der Waals surface area contributed by atoms with Crippen LogP contribution in [0.3, 0.4) is 0 Å². The predicted molar refractivity (Wildman–Crippen MR) is 108 cm³/mol. The first-order chi connectivity index (χ1) is 13.6. The maximum atomic E-state index is 13.0. The van der Waals surface area contributed by atoms with Gasteiger partial charge in [-0.2, -0.15) is 0 Å². The molecule has 29 heavy (non-hydrogen) atoms. The van der Waals surface area contributed by atoms with E-state index >= 15 is 0 Å². The molecule has 1 N–H and O–H groups in total. The largest absolute Gasteiger partial charge is 0.444 e. The molecule has 1 fully saturated rings. The van der Waals surface area contributed by atoms with Crippen molar-refractivity contribution in [2.45, 2.75) is 77.5 Å². The van der Waals surface area contributed by atoms with Crippen molar-refractivity contribution in [2.75, 3.05) is 6.54 Å². The van der Waals surface area contributed by atoms with Crippen LogP contribution < -0.4 is 5.32 Å². The molecule has 2 rings (SSSR count). The van der Waals surface area contributed by atoms with Crippen molar-refractivity contribution >= 4 is 17.8 Å². The lowest BCUT2D eigenvalue weighted by molar-refractivity contribution is -0.135. The number of alkyl carbamates (subject to hydrolysis) is 1. The number of ether oxygens (including phenoxy) is 1. The van der Waals surface area contributed by atoms with E-state index in [9.17, 15) is 18.8 Å². The monoisotopic (exact) mass is 406 g/mol. The van der Waals surface area contributed by atoms with Crippen molar-refractivity contribution in [2.24, 2.45) is 0 Å². The zero-order chi connectivity index (χ0) is 21.6. The van der Waals surface area contributed by atoms with Crippen LogP contribution in [0.15, 0.2) is 24.3 Å². The molecule has 2 amide bonds. The van der Waals surface area contributed by atoms with Gasteiger partial charge < -0.3 is 15.0 Å². The van der Waals surface area contributed by atoms with Crippen LogP contribution in [-0.4, -0.2) is 46.9 Å². The van der Waals surface area contributed by atoms with Gasteiger partial charge >= 0.3 is 6.09 Å². The number of Topliss-reactive ketones (excluding diaryl/α,β-unsaturated/α-hetero) is 1. The fourth-order valence-electron chi connectivity index (χ4n) is 3.52. The second-order valence-electron chi connectivity index (χ2n) is 8.52. The molecule has 2 atom stereocenters. The molecule has 0 unspecified atom stereocenters. The van der Waals surface area contributed by atoms with Gasteiger partial charge in [0.2, 0.25) is 5.91 Å². The predicted octanol–water partition coefficient (Wildman–Crippen LogP) is 4.08. The van der Waals surface area contributed by atoms with E-state index in [0.717, 1.165) is 19.3 Å². The highest BCUT2D eigenvalue weighted by Gasteiger charge is 2.32. The van der Waals surface area contributed by atoms with Gasteiger partial charge in [0.1, 0.15) is 11.4 Å². The van der Waals surface area contributed by atoms with Gasteiger partial charge in [0.15, 0.2) is 5.78 Å². The molecule has 0 bridgehead atoms. The van der Waals surface area contributed by atoms with Gasteiger partial charge in [-0.3, -0.25) is 9.59 Å². The van der Waals surface area contributed by atoms with E-state index in [1.165, 1.54) is 24.3 Å². The molecule has 1 saturated heterocycles. The minimum absolute atomic E-state index is 0.0710. The Bertz CT molecular complexity index is 727. The number of hydrogen-bond donors (Lipinski definition) is 1. The molecule has 1 aromatic rings. The molecular formula is C22H31FN2O4. The van der Waals surface area contributed by atoms with Crippen molar-refractivity contribution < 1.29 is 23.5 Å². The minimum atomic E-state index is -0.591. The quantitative estimate of drug-likeness (QED) is 0.722. The third-order valence-corrected chi connectivity index (χ3v) is 4.92. The Morgan fingerprint density at radius 1 is 1.17 bits per heavy atom. The van der Waals surface area contributed by atoms with Crippen LogP contribution >= 0.6 is 0 Å². The zero-order valence-electron chi connectivity index (χ0n) is 17.7. The molecular weight excluding hydrogens is 375 g/mol. The number of piperidine rings is 1. The first kappa shape index (κ1) is 22.8. The lowest BCUT2D eigenvalue weighted by Gasteiger charge is -2.39. The van der Waals surface area contributed by atoms with E-state index in [4.69, 9.17) is 4.74 Å². The zero-order valence-corrected chi connectivity index (χ0v) is 17.7. The molecule has 0 aliphatic carbocycles. The highest BCUT2D eigenvalue weighted by Crippen LogP contribution is 2.22. The Morgan fingerprint density at radius 2 is 1.83 bits per heavy atom. The number of nitrogens with zero attached hydrogens (tertiary/aromatic N) is 1. The van der Waals surface area contributed by atoms with Gasteiger partial charge in [-0.15, -0.1) is 0 Å². The summed E-state index contributed by atoms with van der Waals surface area (Å²) in [6.45, 7) is 7.86. The maximum absolute atomic E-state index is 13.0. The Balaban J connectivity index is 1.93. The van der Waals surface area contributed by atoms with Gasteiger partial charge in [-0.05, 0) is 71.2 Å². The number of ketones is 1. The molecule has 6 nitrogen and oxygen atoms in total. The molecule has 0 radical (unpaired) electrons. The second kappa shape index (κ2) is 9.85. The molecule has 1 aliphatic rings. The molecule has 0 saturated carbocycles. The summed E-state index contributed by atoms with van der Waals surface area (Å²) < 4.78 is 18.3. The van der Waals surface area contributed by atoms with Gasteiger partial charge in [-0.25, -0.2) is 9.18 Å². The number of benzene rings is 1. The van der Waals surface area contributed by atoms with E-state index in [1.807, 2.05) is 6.92 Å². The lowest BCUT2D eigenvalue weighted by atomic mass is 9.95. The van der Waals surface area contributed by atoms with Crippen LogP contribution in [-0.2, 0) is 9.53 Å². The molecule has 0 aromatic heterocycles. The van der Waals surface area contributed by atoms with Crippen LogP contribution in [0.25, 0.3) is 0 Å². The van der Waals surface area contributed by atoms with Crippen molar-refractivity contribution in [3.8, 4) is 0 Å². The molecule has 7 heteroatoms. The van der Waals surface area contributed by atoms with Crippen molar-refractivity contribution in [1.82, 2.24) is 10.2 Å². The van der Waals surface area contributed by atoms with Crippen LogP contribution in [0.2, 0.25) is 0 Å². The highest BCUT2D eigenvalue weighted by molar-refractivity contribution is 5.97. The van der Waals surface area contributed by atoms with E-state index < -0.39 is 17.5 Å². The smallest absolute Gasteiger partial charge is 0.407 e. The number of hydrogen-bond acceptors (Lipinski definition) is 4. The van der Waals surface area contributed by atoms with Crippen molar-refractivity contribution in [3.05, 3.63) is 35.6 Å². The molecule has 1 heterocycles. The number of carbonyl (C=O) groups excluding carboxylic acids is 3. The van der Waals surface area contributed by atoms with E-state index in [2.05, 4.69) is 5.32 Å². The topological polar surface area (TPSA) is 75.7 Å². The van der Waals surface area contributed by atoms with E-state index in [-0.39, 0.29) is 36.6 Å². The molecule has 160 valence electrons. The van der Waals surface area contributed by atoms with E-state index in [0.29, 0.717) is 12.1 Å². The number of carbonyl (C=O) groups is 3. The lowest BCUT2D eigenvalue weighted by Crippen LogP contribution is -2.54. The van der Waals surface area contributed by atoms with Gasteiger partial charge in [0.25, 0.3) is 0 Å². The number of nitrogens with one attached hydrogen (secondary N) is 1. The fourth-order valence-corrected chi connectivity index (χ4v) is 3.52. The summed E-state index contributed by atoms with van der Waals surface area (Å²) >= 11 is 0. The van der Waals surface area contributed by atoms with Crippen LogP contribution in [0.4, 0.5) is 9.18 Å². The fraction of sp³-hybridized carbons (Fsp3) is 0.591. The number of halogens is 1. The average Bonchev–Trinajstić information content (AvgIpc) is 2.64. The summed E-state index contributed by atoms with van der Waals surface area (Å²) in [5.74, 6) is -0.699. The standard InChI is InChI=1S/C22H31FN2O4/c1-15(24-21(28)29-22(2,3)4)18-7-5-6-14-25(18)20(27)13-12-19(26)16-8-10-17(23)11-9-16/h8-11,15,18H,5-7,12-14H2,1-4H3,(H,24,28)/t15-,18-/m1/s1. The summed E-state index contributed by atoms with van der Waals surface area (Å²) in [6, 6.07) is 4.93.